The molecule has 31 heavy (non-hydrogen) atoms. The first kappa shape index (κ1) is 27.0. The van der Waals surface area contributed by atoms with E-state index in [1.807, 2.05) is 45.9 Å². The minimum Gasteiger partial charge on any atom is -0.391 e. The summed E-state index contributed by atoms with van der Waals surface area (Å²) >= 11 is 0. The molecule has 1 aromatic rings. The molecule has 0 aliphatic heterocycles. The van der Waals surface area contributed by atoms with Crippen LogP contribution in [0.25, 0.3) is 0 Å². The molecule has 1 rings (SSSR count). The van der Waals surface area contributed by atoms with Crippen LogP contribution in [0.15, 0.2) is 24.4 Å². The minimum absolute atomic E-state index is 0.00932. The van der Waals surface area contributed by atoms with Crippen LogP contribution < -0.4 is 16.4 Å². The predicted molar refractivity (Wildman–Crippen MR) is 124 cm³/mol. The second-order valence-electron chi connectivity index (χ2n) is 9.36. The van der Waals surface area contributed by atoms with Crippen molar-refractivity contribution >= 4 is 11.8 Å². The van der Waals surface area contributed by atoms with Crippen molar-refractivity contribution in [3.05, 3.63) is 30.1 Å². The van der Waals surface area contributed by atoms with Gasteiger partial charge in [0.05, 0.1) is 18.3 Å². The van der Waals surface area contributed by atoms with E-state index in [1.165, 1.54) is 0 Å². The Balaban J connectivity index is 2.82. The molecule has 0 aromatic carbocycles. The average Bonchev–Trinajstić information content (AvgIpc) is 2.73. The second kappa shape index (κ2) is 13.4. The first-order chi connectivity index (χ1) is 14.6. The fraction of sp³-hybridized carbons (Fsp3) is 0.708. The van der Waals surface area contributed by atoms with Crippen LogP contribution in [0.2, 0.25) is 0 Å². The van der Waals surface area contributed by atoms with Crippen molar-refractivity contribution in [3.8, 4) is 0 Å². The van der Waals surface area contributed by atoms with Gasteiger partial charge in [-0.05, 0) is 42.7 Å². The normalized spacial score (nSPS) is 16.5. The number of carbonyl (C=O) groups excluding carboxylic acids is 2. The Morgan fingerprint density at radius 1 is 1.10 bits per heavy atom. The average molecular weight is 435 g/mol. The lowest BCUT2D eigenvalue weighted by Crippen LogP contribution is -2.52. The van der Waals surface area contributed by atoms with Gasteiger partial charge in [0.2, 0.25) is 11.8 Å². The SMILES string of the molecule is CCC(C)[C@H](NC(=O)[C@@H](C[C@H](O)[C@@H](N)CC(C)C)C(C)C)C(=O)NCc1ccccn1. The Morgan fingerprint density at radius 2 is 1.77 bits per heavy atom. The van der Waals surface area contributed by atoms with E-state index in [2.05, 4.69) is 29.5 Å². The Bertz CT molecular complexity index is 666. The summed E-state index contributed by atoms with van der Waals surface area (Å²) in [7, 11) is 0. The minimum atomic E-state index is -0.763. The van der Waals surface area contributed by atoms with Crippen molar-refractivity contribution in [2.24, 2.45) is 29.4 Å². The highest BCUT2D eigenvalue weighted by molar-refractivity contribution is 5.88. The van der Waals surface area contributed by atoms with Gasteiger partial charge in [-0.1, -0.05) is 54.0 Å². The zero-order valence-corrected chi connectivity index (χ0v) is 20.0. The number of nitrogens with two attached hydrogens (primary N) is 1. The van der Waals surface area contributed by atoms with Crippen LogP contribution in [-0.4, -0.2) is 40.1 Å². The third kappa shape index (κ3) is 9.35. The molecule has 2 amide bonds. The standard InChI is InChI=1S/C24H42N4O3/c1-7-17(6)22(24(31)27-14-18-10-8-9-11-26-18)28-23(30)19(16(4)5)13-21(29)20(25)12-15(2)3/h8-11,15-17,19-22,29H,7,12-14,25H2,1-6H3,(H,27,31)(H,28,30)/t17?,19-,20-,21-,22-/m0/s1. The molecule has 0 fully saturated rings. The van der Waals surface area contributed by atoms with Crippen molar-refractivity contribution in [3.63, 3.8) is 0 Å². The van der Waals surface area contributed by atoms with Gasteiger partial charge in [0.1, 0.15) is 6.04 Å². The molecule has 1 heterocycles. The molecular weight excluding hydrogens is 392 g/mol. The summed E-state index contributed by atoms with van der Waals surface area (Å²) in [5.41, 5.74) is 6.89. The summed E-state index contributed by atoms with van der Waals surface area (Å²) in [6, 6.07) is 4.50. The summed E-state index contributed by atoms with van der Waals surface area (Å²) in [5.74, 6) is -0.530. The molecule has 0 bridgehead atoms. The molecule has 1 aromatic heterocycles. The van der Waals surface area contributed by atoms with Crippen molar-refractivity contribution < 1.29 is 14.7 Å². The number of nitrogens with zero attached hydrogens (tertiary/aromatic N) is 1. The zero-order valence-electron chi connectivity index (χ0n) is 20.0. The molecule has 7 heteroatoms. The third-order valence-corrected chi connectivity index (χ3v) is 5.84. The third-order valence-electron chi connectivity index (χ3n) is 5.84. The quantitative estimate of drug-likeness (QED) is 0.381. The van der Waals surface area contributed by atoms with E-state index in [0.29, 0.717) is 18.9 Å². The van der Waals surface area contributed by atoms with Crippen molar-refractivity contribution in [2.75, 3.05) is 0 Å². The van der Waals surface area contributed by atoms with Crippen LogP contribution in [0.5, 0.6) is 0 Å². The van der Waals surface area contributed by atoms with Crippen molar-refractivity contribution in [2.45, 2.75) is 85.5 Å². The molecule has 1 unspecified atom stereocenters. The Morgan fingerprint density at radius 3 is 2.29 bits per heavy atom. The summed E-state index contributed by atoms with van der Waals surface area (Å²) in [5, 5.41) is 16.4. The molecule has 5 atom stereocenters. The highest BCUT2D eigenvalue weighted by Crippen LogP contribution is 2.21. The van der Waals surface area contributed by atoms with Gasteiger partial charge >= 0.3 is 0 Å². The highest BCUT2D eigenvalue weighted by atomic mass is 16.3. The van der Waals surface area contributed by atoms with Gasteiger partial charge in [-0.15, -0.1) is 0 Å². The van der Waals surface area contributed by atoms with E-state index in [0.717, 1.165) is 12.1 Å². The number of hydrogen-bond acceptors (Lipinski definition) is 5. The number of pyridine rings is 1. The molecule has 0 radical (unpaired) electrons. The highest BCUT2D eigenvalue weighted by Gasteiger charge is 2.32. The van der Waals surface area contributed by atoms with Gasteiger partial charge in [-0.2, -0.15) is 0 Å². The fourth-order valence-corrected chi connectivity index (χ4v) is 3.57. The van der Waals surface area contributed by atoms with Gasteiger partial charge in [0, 0.05) is 18.2 Å². The number of aliphatic hydroxyl groups is 1. The fourth-order valence-electron chi connectivity index (χ4n) is 3.57. The first-order valence-corrected chi connectivity index (χ1v) is 11.5. The zero-order chi connectivity index (χ0) is 23.6. The molecule has 0 aliphatic rings. The van der Waals surface area contributed by atoms with Gasteiger partial charge in [0.15, 0.2) is 0 Å². The monoisotopic (exact) mass is 434 g/mol. The van der Waals surface area contributed by atoms with Gasteiger partial charge in [-0.3, -0.25) is 14.6 Å². The number of carbonyl (C=O) groups is 2. The topological polar surface area (TPSA) is 117 Å². The first-order valence-electron chi connectivity index (χ1n) is 11.5. The van der Waals surface area contributed by atoms with E-state index in [1.54, 1.807) is 6.20 Å². The summed E-state index contributed by atoms with van der Waals surface area (Å²) < 4.78 is 0. The predicted octanol–water partition coefficient (Wildman–Crippen LogP) is 2.63. The smallest absolute Gasteiger partial charge is 0.243 e. The molecule has 0 spiro atoms. The lowest BCUT2D eigenvalue weighted by molar-refractivity contribution is -0.134. The molecule has 0 saturated heterocycles. The second-order valence-corrected chi connectivity index (χ2v) is 9.36. The van der Waals surface area contributed by atoms with Gasteiger partial charge in [0.25, 0.3) is 0 Å². The van der Waals surface area contributed by atoms with Crippen molar-refractivity contribution in [1.29, 1.82) is 0 Å². The van der Waals surface area contributed by atoms with Gasteiger partial charge < -0.3 is 21.5 Å². The molecule has 176 valence electrons. The summed E-state index contributed by atoms with van der Waals surface area (Å²) in [6.45, 7) is 12.3. The number of aromatic nitrogens is 1. The number of aliphatic hydroxyl groups excluding tert-OH is 1. The van der Waals surface area contributed by atoms with Crippen LogP contribution in [0.1, 0.15) is 66.5 Å². The lowest BCUT2D eigenvalue weighted by Gasteiger charge is -2.30. The number of hydrogen-bond donors (Lipinski definition) is 4. The number of amides is 2. The molecule has 0 saturated carbocycles. The van der Waals surface area contributed by atoms with Crippen LogP contribution in [0.4, 0.5) is 0 Å². The number of nitrogens with one attached hydrogen (secondary N) is 2. The Hall–Kier alpha value is -1.99. The van der Waals surface area contributed by atoms with E-state index in [-0.39, 0.29) is 36.1 Å². The molecule has 0 aliphatic carbocycles. The van der Waals surface area contributed by atoms with Crippen LogP contribution in [0.3, 0.4) is 0 Å². The maximum Gasteiger partial charge on any atom is 0.243 e. The maximum atomic E-state index is 13.1. The summed E-state index contributed by atoms with van der Waals surface area (Å²) in [4.78, 5) is 30.2. The van der Waals surface area contributed by atoms with Crippen molar-refractivity contribution in [1.82, 2.24) is 15.6 Å². The summed E-state index contributed by atoms with van der Waals surface area (Å²) in [6.07, 6.45) is 2.63. The van der Waals surface area contributed by atoms with Gasteiger partial charge in [-0.25, -0.2) is 0 Å². The van der Waals surface area contributed by atoms with E-state index >= 15 is 0 Å². The molecular formula is C24H42N4O3. The molecule has 5 N–H and O–H groups in total. The number of rotatable bonds is 13. The van der Waals surface area contributed by atoms with Crippen LogP contribution in [0, 0.1) is 23.7 Å². The van der Waals surface area contributed by atoms with Crippen LogP contribution >= 0.6 is 0 Å². The van der Waals surface area contributed by atoms with E-state index in [9.17, 15) is 14.7 Å². The van der Waals surface area contributed by atoms with E-state index < -0.39 is 18.1 Å². The van der Waals surface area contributed by atoms with E-state index in [4.69, 9.17) is 5.73 Å². The Kier molecular flexibility index (Phi) is 11.7. The molecule has 7 nitrogen and oxygen atoms in total. The largest absolute Gasteiger partial charge is 0.391 e. The Labute approximate surface area is 187 Å². The van der Waals surface area contributed by atoms with Crippen LogP contribution in [-0.2, 0) is 16.1 Å². The maximum absolute atomic E-state index is 13.1. The lowest BCUT2D eigenvalue weighted by atomic mass is 9.85.